The number of nitrogens with one attached hydrogen (secondary N) is 1. The fraction of sp³-hybridized carbons (Fsp3) is 0.318. The van der Waals surface area contributed by atoms with Gasteiger partial charge in [-0.1, -0.05) is 23.4 Å². The minimum Gasteiger partial charge on any atom is -0.494 e. The Morgan fingerprint density at radius 3 is 2.72 bits per heavy atom. The number of imidazole rings is 1. The van der Waals surface area contributed by atoms with Gasteiger partial charge in [0.25, 0.3) is 0 Å². The molecule has 0 saturated heterocycles. The number of aromatic nitrogens is 4. The van der Waals surface area contributed by atoms with Crippen molar-refractivity contribution >= 4 is 17.0 Å². The van der Waals surface area contributed by atoms with Crippen molar-refractivity contribution < 1.29 is 9.26 Å². The topological polar surface area (TPSA) is 80.1 Å². The van der Waals surface area contributed by atoms with Crippen LogP contribution in [0.1, 0.15) is 26.2 Å². The first-order chi connectivity index (χ1) is 14.1. The number of nitrogens with zero attached hydrogens (tertiary/aromatic N) is 4. The standard InChI is InChI=1S/C22H25N5O2/c1-15(2)27(3)22-23-18-12-11-16(14-19(18)24-22)21-25-20(29-26-21)10-7-13-28-17-8-5-4-6-9-17/h4-6,8-9,11-12,14-15H,7,10,13H2,1-3H3,(H,23,24). The molecule has 29 heavy (non-hydrogen) atoms. The van der Waals surface area contributed by atoms with Crippen LogP contribution in [0, 0.1) is 0 Å². The smallest absolute Gasteiger partial charge is 0.227 e. The lowest BCUT2D eigenvalue weighted by Gasteiger charge is -2.19. The summed E-state index contributed by atoms with van der Waals surface area (Å²) in [4.78, 5) is 14.6. The van der Waals surface area contributed by atoms with E-state index in [2.05, 4.69) is 38.9 Å². The SMILES string of the molecule is CC(C)N(C)c1nc2ccc(-c3noc(CCCOc4ccccc4)n3)cc2[nH]1. The molecule has 0 spiro atoms. The summed E-state index contributed by atoms with van der Waals surface area (Å²) in [7, 11) is 2.02. The van der Waals surface area contributed by atoms with Crippen LogP contribution >= 0.6 is 0 Å². The van der Waals surface area contributed by atoms with E-state index in [9.17, 15) is 0 Å². The molecule has 4 aromatic rings. The third-order valence-electron chi connectivity index (χ3n) is 4.85. The zero-order chi connectivity index (χ0) is 20.2. The zero-order valence-corrected chi connectivity index (χ0v) is 16.9. The molecule has 0 aliphatic rings. The Morgan fingerprint density at radius 1 is 1.10 bits per heavy atom. The van der Waals surface area contributed by atoms with Gasteiger partial charge in [-0.15, -0.1) is 0 Å². The van der Waals surface area contributed by atoms with Gasteiger partial charge in [0.1, 0.15) is 5.75 Å². The highest BCUT2D eigenvalue weighted by Gasteiger charge is 2.13. The number of para-hydroxylation sites is 1. The summed E-state index contributed by atoms with van der Waals surface area (Å²) in [5, 5.41) is 4.13. The molecule has 2 aromatic carbocycles. The molecule has 0 fully saturated rings. The second kappa shape index (κ2) is 8.34. The Balaban J connectivity index is 1.40. The van der Waals surface area contributed by atoms with Gasteiger partial charge in [0.2, 0.25) is 17.7 Å². The van der Waals surface area contributed by atoms with E-state index >= 15 is 0 Å². The molecule has 0 atom stereocenters. The Morgan fingerprint density at radius 2 is 1.93 bits per heavy atom. The molecule has 0 amide bonds. The fourth-order valence-corrected chi connectivity index (χ4v) is 2.95. The van der Waals surface area contributed by atoms with Gasteiger partial charge in [-0.25, -0.2) is 4.98 Å². The third-order valence-corrected chi connectivity index (χ3v) is 4.85. The van der Waals surface area contributed by atoms with Crippen molar-refractivity contribution in [3.63, 3.8) is 0 Å². The van der Waals surface area contributed by atoms with Crippen LogP contribution < -0.4 is 9.64 Å². The Kier molecular flexibility index (Phi) is 5.46. The van der Waals surface area contributed by atoms with Crippen molar-refractivity contribution in [3.05, 3.63) is 54.4 Å². The Hall–Kier alpha value is -3.35. The molecule has 150 valence electrons. The first kappa shape index (κ1) is 19.0. The molecule has 0 saturated carbocycles. The maximum Gasteiger partial charge on any atom is 0.227 e. The molecular weight excluding hydrogens is 366 g/mol. The minimum atomic E-state index is 0.362. The number of hydrogen-bond donors (Lipinski definition) is 1. The number of aromatic amines is 1. The Labute approximate surface area is 169 Å². The molecule has 7 nitrogen and oxygen atoms in total. The van der Waals surface area contributed by atoms with E-state index in [0.717, 1.165) is 34.7 Å². The van der Waals surface area contributed by atoms with E-state index in [1.54, 1.807) is 0 Å². The number of rotatable bonds is 8. The van der Waals surface area contributed by atoms with Crippen LogP contribution in [0.2, 0.25) is 0 Å². The molecule has 0 unspecified atom stereocenters. The molecule has 7 heteroatoms. The lowest BCUT2D eigenvalue weighted by atomic mass is 10.2. The normalized spacial score (nSPS) is 11.3. The lowest BCUT2D eigenvalue weighted by Crippen LogP contribution is -2.26. The number of fused-ring (bicyclic) bond motifs is 1. The molecule has 0 aliphatic heterocycles. The van der Waals surface area contributed by atoms with Crippen LogP contribution in [0.15, 0.2) is 53.1 Å². The van der Waals surface area contributed by atoms with Crippen molar-refractivity contribution in [1.82, 2.24) is 20.1 Å². The van der Waals surface area contributed by atoms with Crippen LogP contribution in [-0.2, 0) is 6.42 Å². The summed E-state index contributed by atoms with van der Waals surface area (Å²) in [6.45, 7) is 4.86. The van der Waals surface area contributed by atoms with Crippen molar-refractivity contribution in [2.75, 3.05) is 18.6 Å². The van der Waals surface area contributed by atoms with Gasteiger partial charge in [-0.05, 0) is 50.6 Å². The van der Waals surface area contributed by atoms with E-state index in [1.807, 2.05) is 55.6 Å². The average molecular weight is 391 g/mol. The van der Waals surface area contributed by atoms with Crippen LogP contribution in [0.3, 0.4) is 0 Å². The summed E-state index contributed by atoms with van der Waals surface area (Å²) in [6, 6.07) is 16.1. The minimum absolute atomic E-state index is 0.362. The molecule has 4 rings (SSSR count). The highest BCUT2D eigenvalue weighted by Crippen LogP contribution is 2.24. The number of hydrogen-bond acceptors (Lipinski definition) is 6. The van der Waals surface area contributed by atoms with E-state index in [-0.39, 0.29) is 0 Å². The van der Waals surface area contributed by atoms with Crippen LogP contribution in [0.5, 0.6) is 5.75 Å². The van der Waals surface area contributed by atoms with Crippen molar-refractivity contribution in [1.29, 1.82) is 0 Å². The summed E-state index contributed by atoms with van der Waals surface area (Å²) in [5.74, 6) is 2.91. The zero-order valence-electron chi connectivity index (χ0n) is 16.9. The average Bonchev–Trinajstić information content (AvgIpc) is 3.37. The maximum atomic E-state index is 5.70. The first-order valence-electron chi connectivity index (χ1n) is 9.83. The molecule has 0 aliphatic carbocycles. The highest BCUT2D eigenvalue weighted by molar-refractivity contribution is 5.82. The van der Waals surface area contributed by atoms with Gasteiger partial charge in [0.15, 0.2) is 0 Å². The van der Waals surface area contributed by atoms with Gasteiger partial charge in [-0.2, -0.15) is 4.98 Å². The molecular formula is C22H25N5O2. The largest absolute Gasteiger partial charge is 0.494 e. The van der Waals surface area contributed by atoms with Gasteiger partial charge >= 0.3 is 0 Å². The highest BCUT2D eigenvalue weighted by atomic mass is 16.5. The van der Waals surface area contributed by atoms with Crippen LogP contribution in [-0.4, -0.2) is 39.8 Å². The number of anilines is 1. The summed E-state index contributed by atoms with van der Waals surface area (Å²) in [6.07, 6.45) is 1.48. The monoisotopic (exact) mass is 391 g/mol. The number of aryl methyl sites for hydroxylation is 1. The van der Waals surface area contributed by atoms with Crippen LogP contribution in [0.25, 0.3) is 22.4 Å². The van der Waals surface area contributed by atoms with Crippen LogP contribution in [0.4, 0.5) is 5.95 Å². The van der Waals surface area contributed by atoms with Crippen molar-refractivity contribution in [2.45, 2.75) is 32.7 Å². The van der Waals surface area contributed by atoms with E-state index < -0.39 is 0 Å². The number of H-pyrrole nitrogens is 1. The van der Waals surface area contributed by atoms with Crippen molar-refractivity contribution in [3.8, 4) is 17.1 Å². The molecule has 2 heterocycles. The lowest BCUT2D eigenvalue weighted by molar-refractivity contribution is 0.298. The fourth-order valence-electron chi connectivity index (χ4n) is 2.95. The summed E-state index contributed by atoms with van der Waals surface area (Å²) >= 11 is 0. The predicted molar refractivity (Wildman–Crippen MR) is 113 cm³/mol. The van der Waals surface area contributed by atoms with Gasteiger partial charge in [0, 0.05) is 25.1 Å². The third kappa shape index (κ3) is 4.39. The predicted octanol–water partition coefficient (Wildman–Crippen LogP) is 4.47. The second-order valence-electron chi connectivity index (χ2n) is 7.27. The van der Waals surface area contributed by atoms with Gasteiger partial charge in [0.05, 0.1) is 17.6 Å². The molecule has 2 aromatic heterocycles. The molecule has 0 radical (unpaired) electrons. The number of benzene rings is 2. The summed E-state index contributed by atoms with van der Waals surface area (Å²) in [5.41, 5.74) is 2.76. The summed E-state index contributed by atoms with van der Waals surface area (Å²) < 4.78 is 11.1. The Bertz CT molecular complexity index is 1070. The molecule has 0 bridgehead atoms. The first-order valence-corrected chi connectivity index (χ1v) is 9.83. The van der Waals surface area contributed by atoms with Gasteiger partial charge in [-0.3, -0.25) is 0 Å². The molecule has 1 N–H and O–H groups in total. The quantitative estimate of drug-likeness (QED) is 0.447. The van der Waals surface area contributed by atoms with E-state index in [4.69, 9.17) is 9.26 Å². The van der Waals surface area contributed by atoms with E-state index in [1.165, 1.54) is 0 Å². The number of ether oxygens (including phenoxy) is 1. The second-order valence-corrected chi connectivity index (χ2v) is 7.27. The van der Waals surface area contributed by atoms with Gasteiger partial charge < -0.3 is 19.1 Å². The van der Waals surface area contributed by atoms with Crippen molar-refractivity contribution in [2.24, 2.45) is 0 Å². The maximum absolute atomic E-state index is 5.70. The van der Waals surface area contributed by atoms with E-state index in [0.29, 0.717) is 30.8 Å².